The van der Waals surface area contributed by atoms with E-state index in [2.05, 4.69) is 14.8 Å². The quantitative estimate of drug-likeness (QED) is 0.197. The number of hydrogen-bond donors (Lipinski definition) is 0. The Bertz CT molecular complexity index is 520. The van der Waals surface area contributed by atoms with Crippen LogP contribution in [0.15, 0.2) is 5.11 Å². The van der Waals surface area contributed by atoms with Gasteiger partial charge in [-0.2, -0.15) is 0 Å². The maximum absolute atomic E-state index is 12.6. The normalized spacial score (nSPS) is 19.7. The minimum absolute atomic E-state index is 0.00777. The SMILES string of the molecule is COC(=O)CCOCCCN(C(=O)OC(C)(C)C)C1CCC(N=[N+]=[N-])CC1. The van der Waals surface area contributed by atoms with Crippen LogP contribution in [0.2, 0.25) is 0 Å². The summed E-state index contributed by atoms with van der Waals surface area (Å²) in [6.07, 6.45) is 3.64. The van der Waals surface area contributed by atoms with Gasteiger partial charge in [-0.25, -0.2) is 4.79 Å². The summed E-state index contributed by atoms with van der Waals surface area (Å²) in [5, 5.41) is 3.79. The standard InChI is InChI=1S/C18H32N4O5/c1-18(2,3)27-17(24)22(11-5-12-26-13-10-16(23)25-4)15-8-6-14(7-9-15)20-21-19/h14-15H,5-13H2,1-4H3. The molecule has 0 N–H and O–H groups in total. The Morgan fingerprint density at radius 3 is 2.41 bits per heavy atom. The molecule has 1 aliphatic rings. The monoisotopic (exact) mass is 384 g/mol. The van der Waals surface area contributed by atoms with Gasteiger partial charge in [0.15, 0.2) is 0 Å². The van der Waals surface area contributed by atoms with Crippen LogP contribution < -0.4 is 0 Å². The molecule has 0 aromatic rings. The van der Waals surface area contributed by atoms with E-state index in [9.17, 15) is 9.59 Å². The van der Waals surface area contributed by atoms with Crippen LogP contribution in [0.5, 0.6) is 0 Å². The molecule has 9 heteroatoms. The van der Waals surface area contributed by atoms with Gasteiger partial charge in [0.1, 0.15) is 5.60 Å². The first-order valence-electron chi connectivity index (χ1n) is 9.45. The summed E-state index contributed by atoms with van der Waals surface area (Å²) in [6, 6.07) is 0.0773. The lowest BCUT2D eigenvalue weighted by atomic mass is 9.90. The number of methoxy groups -OCH3 is 1. The van der Waals surface area contributed by atoms with E-state index in [0.29, 0.717) is 26.2 Å². The summed E-state index contributed by atoms with van der Waals surface area (Å²) in [5.41, 5.74) is 8.02. The van der Waals surface area contributed by atoms with E-state index in [1.165, 1.54) is 7.11 Å². The van der Waals surface area contributed by atoms with Gasteiger partial charge in [-0.1, -0.05) is 5.11 Å². The van der Waals surface area contributed by atoms with Crippen LogP contribution in [0.4, 0.5) is 4.79 Å². The molecule has 0 atom stereocenters. The van der Waals surface area contributed by atoms with E-state index in [0.717, 1.165) is 25.7 Å². The Morgan fingerprint density at radius 1 is 1.19 bits per heavy atom. The summed E-state index contributed by atoms with van der Waals surface area (Å²) in [5.74, 6) is -0.304. The number of carbonyl (C=O) groups is 2. The molecule has 0 unspecified atom stereocenters. The fraction of sp³-hybridized carbons (Fsp3) is 0.889. The first-order valence-corrected chi connectivity index (χ1v) is 9.45. The fourth-order valence-electron chi connectivity index (χ4n) is 3.00. The highest BCUT2D eigenvalue weighted by molar-refractivity contribution is 5.69. The van der Waals surface area contributed by atoms with Crippen LogP contribution in [0, 0.1) is 0 Å². The summed E-state index contributed by atoms with van der Waals surface area (Å²) in [7, 11) is 1.34. The molecule has 1 saturated carbocycles. The van der Waals surface area contributed by atoms with Gasteiger partial charge in [0, 0.05) is 30.1 Å². The van der Waals surface area contributed by atoms with Crippen LogP contribution in [-0.4, -0.2) is 61.5 Å². The van der Waals surface area contributed by atoms with Crippen LogP contribution in [0.3, 0.4) is 0 Å². The number of nitrogens with zero attached hydrogens (tertiary/aromatic N) is 4. The molecule has 0 aromatic carbocycles. The molecule has 0 heterocycles. The van der Waals surface area contributed by atoms with Gasteiger partial charge < -0.3 is 19.1 Å². The van der Waals surface area contributed by atoms with Gasteiger partial charge >= 0.3 is 12.1 Å². The van der Waals surface area contributed by atoms with E-state index >= 15 is 0 Å². The molecule has 1 fully saturated rings. The van der Waals surface area contributed by atoms with Gasteiger partial charge in [-0.05, 0) is 58.4 Å². The van der Waals surface area contributed by atoms with Crippen LogP contribution in [0.1, 0.15) is 59.3 Å². The summed E-state index contributed by atoms with van der Waals surface area (Å²) >= 11 is 0. The molecule has 0 radical (unpaired) electrons. The zero-order chi connectivity index (χ0) is 20.3. The predicted molar refractivity (Wildman–Crippen MR) is 100 cm³/mol. The molecule has 0 spiro atoms. The number of amides is 1. The van der Waals surface area contributed by atoms with E-state index in [1.807, 2.05) is 20.8 Å². The average Bonchev–Trinajstić information content (AvgIpc) is 2.60. The number of esters is 1. The van der Waals surface area contributed by atoms with Crippen molar-refractivity contribution >= 4 is 12.1 Å². The van der Waals surface area contributed by atoms with Gasteiger partial charge in [0.2, 0.25) is 0 Å². The van der Waals surface area contributed by atoms with Gasteiger partial charge in [0.25, 0.3) is 0 Å². The Kier molecular flexibility index (Phi) is 9.96. The Morgan fingerprint density at radius 2 is 1.85 bits per heavy atom. The second-order valence-corrected chi connectivity index (χ2v) is 7.63. The maximum Gasteiger partial charge on any atom is 0.410 e. The van der Waals surface area contributed by atoms with E-state index in [-0.39, 0.29) is 30.6 Å². The van der Waals surface area contributed by atoms with Crippen molar-refractivity contribution in [2.45, 2.75) is 77.0 Å². The third kappa shape index (κ3) is 9.49. The first-order chi connectivity index (χ1) is 12.8. The molecule has 0 aromatic heterocycles. The van der Waals surface area contributed by atoms with E-state index < -0.39 is 5.60 Å². The van der Waals surface area contributed by atoms with Crippen molar-refractivity contribution in [2.24, 2.45) is 5.11 Å². The van der Waals surface area contributed by atoms with Gasteiger partial charge in [0.05, 0.1) is 20.1 Å². The maximum atomic E-state index is 12.6. The van der Waals surface area contributed by atoms with Crippen molar-refractivity contribution < 1.29 is 23.8 Å². The molecule has 1 rings (SSSR count). The van der Waals surface area contributed by atoms with Crippen molar-refractivity contribution in [3.05, 3.63) is 10.4 Å². The molecular weight excluding hydrogens is 352 g/mol. The second kappa shape index (κ2) is 11.7. The first kappa shape index (κ1) is 23.0. The summed E-state index contributed by atoms with van der Waals surface area (Å²) in [4.78, 5) is 28.3. The zero-order valence-corrected chi connectivity index (χ0v) is 16.8. The van der Waals surface area contributed by atoms with Gasteiger partial charge in [-0.3, -0.25) is 4.79 Å². The largest absolute Gasteiger partial charge is 0.469 e. The van der Waals surface area contributed by atoms with Gasteiger partial charge in [-0.15, -0.1) is 0 Å². The summed E-state index contributed by atoms with van der Waals surface area (Å²) < 4.78 is 15.6. The minimum Gasteiger partial charge on any atom is -0.469 e. The van der Waals surface area contributed by atoms with Crippen molar-refractivity contribution in [2.75, 3.05) is 26.9 Å². The number of carbonyl (C=O) groups excluding carboxylic acids is 2. The second-order valence-electron chi connectivity index (χ2n) is 7.63. The molecule has 0 aliphatic heterocycles. The van der Waals surface area contributed by atoms with Crippen LogP contribution in [-0.2, 0) is 19.0 Å². The molecule has 0 bridgehead atoms. The molecule has 0 saturated heterocycles. The van der Waals surface area contributed by atoms with Crippen molar-refractivity contribution in [1.82, 2.24) is 4.90 Å². The van der Waals surface area contributed by atoms with Crippen molar-refractivity contribution in [1.29, 1.82) is 0 Å². The predicted octanol–water partition coefficient (Wildman–Crippen LogP) is 3.81. The Balaban J connectivity index is 2.52. The highest BCUT2D eigenvalue weighted by atomic mass is 16.6. The third-order valence-corrected chi connectivity index (χ3v) is 4.32. The third-order valence-electron chi connectivity index (χ3n) is 4.32. The molecule has 27 heavy (non-hydrogen) atoms. The lowest BCUT2D eigenvalue weighted by Gasteiger charge is -2.37. The minimum atomic E-state index is -0.561. The van der Waals surface area contributed by atoms with E-state index in [4.69, 9.17) is 15.0 Å². The smallest absolute Gasteiger partial charge is 0.410 e. The number of rotatable bonds is 9. The summed E-state index contributed by atoms with van der Waals surface area (Å²) in [6.45, 7) is 6.80. The highest BCUT2D eigenvalue weighted by Gasteiger charge is 2.31. The van der Waals surface area contributed by atoms with Crippen molar-refractivity contribution in [3.8, 4) is 0 Å². The lowest BCUT2D eigenvalue weighted by Crippen LogP contribution is -2.46. The molecule has 9 nitrogen and oxygen atoms in total. The fourth-order valence-corrected chi connectivity index (χ4v) is 3.00. The number of ether oxygens (including phenoxy) is 3. The molecule has 154 valence electrons. The van der Waals surface area contributed by atoms with Crippen LogP contribution in [0.25, 0.3) is 10.4 Å². The molecule has 1 amide bonds. The lowest BCUT2D eigenvalue weighted by molar-refractivity contribution is -0.141. The van der Waals surface area contributed by atoms with Crippen LogP contribution >= 0.6 is 0 Å². The van der Waals surface area contributed by atoms with Crippen molar-refractivity contribution in [3.63, 3.8) is 0 Å². The molecule has 1 aliphatic carbocycles. The average molecular weight is 384 g/mol. The number of azide groups is 1. The molecular formula is C18H32N4O5. The zero-order valence-electron chi connectivity index (χ0n) is 16.8. The number of hydrogen-bond acceptors (Lipinski definition) is 6. The topological polar surface area (TPSA) is 114 Å². The highest BCUT2D eigenvalue weighted by Crippen LogP contribution is 2.26. The Labute approximate surface area is 160 Å². The Hall–Kier alpha value is -1.99. The van der Waals surface area contributed by atoms with E-state index in [1.54, 1.807) is 4.90 Å².